The molecule has 2 aromatic rings. The van der Waals surface area contributed by atoms with Gasteiger partial charge in [-0.3, -0.25) is 0 Å². The number of carboxylic acid groups (broad SMARTS) is 1. The summed E-state index contributed by atoms with van der Waals surface area (Å²) < 4.78 is 12.8. The Bertz CT molecular complexity index is 629. The number of nitrogens with one attached hydrogen (secondary N) is 1. The lowest BCUT2D eigenvalue weighted by molar-refractivity contribution is 0.0695. The second-order valence-corrected chi connectivity index (χ2v) is 4.42. The number of aromatic carboxylic acids is 1. The fourth-order valence-electron chi connectivity index (χ4n) is 1.78. The highest BCUT2D eigenvalue weighted by molar-refractivity contribution is 5.88. The predicted octanol–water partition coefficient (Wildman–Crippen LogP) is 2.80. The summed E-state index contributed by atoms with van der Waals surface area (Å²) in [6, 6.07) is 5.99. The van der Waals surface area contributed by atoms with Crippen LogP contribution in [0.5, 0.6) is 0 Å². The molecule has 0 amide bonds. The van der Waals surface area contributed by atoms with Gasteiger partial charge in [0.1, 0.15) is 5.82 Å². The fourth-order valence-corrected chi connectivity index (χ4v) is 1.78. The maximum absolute atomic E-state index is 12.8. The summed E-state index contributed by atoms with van der Waals surface area (Å²) in [6.07, 6.45) is 1.27. The van der Waals surface area contributed by atoms with Crippen molar-refractivity contribution < 1.29 is 14.3 Å². The van der Waals surface area contributed by atoms with E-state index in [1.807, 2.05) is 6.92 Å². The fraction of sp³-hybridized carbons (Fsp3) is 0.214. The van der Waals surface area contributed by atoms with E-state index >= 15 is 0 Å². The Kier molecular flexibility index (Phi) is 3.93. The molecule has 0 bridgehead atoms. The number of rotatable bonds is 4. The summed E-state index contributed by atoms with van der Waals surface area (Å²) >= 11 is 0. The van der Waals surface area contributed by atoms with E-state index in [1.165, 1.54) is 18.3 Å². The number of nitrogens with zero attached hydrogens (tertiary/aromatic N) is 2. The maximum Gasteiger partial charge on any atom is 0.339 e. The average Bonchev–Trinajstić information content (AvgIpc) is 2.39. The number of carboxylic acids is 1. The van der Waals surface area contributed by atoms with Gasteiger partial charge in [-0.2, -0.15) is 0 Å². The Labute approximate surface area is 115 Å². The second-order valence-electron chi connectivity index (χ2n) is 4.42. The molecule has 6 heteroatoms. The Morgan fingerprint density at radius 1 is 1.35 bits per heavy atom. The molecule has 0 aliphatic rings. The van der Waals surface area contributed by atoms with Crippen LogP contribution in [0.25, 0.3) is 0 Å². The van der Waals surface area contributed by atoms with Gasteiger partial charge in [-0.25, -0.2) is 19.2 Å². The summed E-state index contributed by atoms with van der Waals surface area (Å²) in [5, 5.41) is 12.0. The molecule has 20 heavy (non-hydrogen) atoms. The molecule has 2 rings (SSSR count). The van der Waals surface area contributed by atoms with Crippen molar-refractivity contribution in [3.8, 4) is 0 Å². The van der Waals surface area contributed by atoms with Gasteiger partial charge in [0, 0.05) is 6.20 Å². The van der Waals surface area contributed by atoms with Crippen molar-refractivity contribution >= 4 is 11.9 Å². The van der Waals surface area contributed by atoms with Crippen LogP contribution in [-0.4, -0.2) is 21.0 Å². The largest absolute Gasteiger partial charge is 0.478 e. The zero-order valence-electron chi connectivity index (χ0n) is 11.1. The first-order valence-corrected chi connectivity index (χ1v) is 6.06. The molecule has 5 nitrogen and oxygen atoms in total. The van der Waals surface area contributed by atoms with Gasteiger partial charge < -0.3 is 10.4 Å². The predicted molar refractivity (Wildman–Crippen MR) is 72.2 cm³/mol. The third kappa shape index (κ3) is 3.09. The van der Waals surface area contributed by atoms with Crippen molar-refractivity contribution in [3.63, 3.8) is 0 Å². The van der Waals surface area contributed by atoms with Gasteiger partial charge in [-0.05, 0) is 31.5 Å². The average molecular weight is 275 g/mol. The zero-order valence-corrected chi connectivity index (χ0v) is 11.1. The molecule has 104 valence electrons. The number of hydrogen-bond acceptors (Lipinski definition) is 4. The van der Waals surface area contributed by atoms with Gasteiger partial charge in [-0.1, -0.05) is 12.1 Å². The number of aromatic nitrogens is 2. The summed E-state index contributed by atoms with van der Waals surface area (Å²) in [5.74, 6) is -1.01. The summed E-state index contributed by atoms with van der Waals surface area (Å²) in [7, 11) is 0. The number of hydrogen-bond donors (Lipinski definition) is 2. The number of halogens is 1. The number of carbonyl (C=O) groups is 1. The normalized spacial score (nSPS) is 11.9. The Balaban J connectivity index is 2.15. The molecule has 0 aliphatic carbocycles. The summed E-state index contributed by atoms with van der Waals surface area (Å²) in [5.41, 5.74) is 1.35. The highest BCUT2D eigenvalue weighted by Gasteiger charge is 2.12. The molecule has 1 aromatic heterocycles. The minimum atomic E-state index is -1.05. The lowest BCUT2D eigenvalue weighted by Gasteiger charge is -2.14. The van der Waals surface area contributed by atoms with Gasteiger partial charge >= 0.3 is 5.97 Å². The summed E-state index contributed by atoms with van der Waals surface area (Å²) in [6.45, 7) is 3.50. The van der Waals surface area contributed by atoms with Crippen molar-refractivity contribution in [1.29, 1.82) is 0 Å². The van der Waals surface area contributed by atoms with Crippen molar-refractivity contribution in [1.82, 2.24) is 9.97 Å². The molecule has 1 atom stereocenters. The highest BCUT2D eigenvalue weighted by atomic mass is 19.1. The molecule has 1 unspecified atom stereocenters. The third-order valence-corrected chi connectivity index (χ3v) is 2.93. The van der Waals surface area contributed by atoms with E-state index in [0.717, 1.165) is 5.56 Å². The first kappa shape index (κ1) is 13.9. The van der Waals surface area contributed by atoms with Crippen LogP contribution in [0.1, 0.15) is 34.6 Å². The van der Waals surface area contributed by atoms with Gasteiger partial charge in [0.2, 0.25) is 5.95 Å². The van der Waals surface area contributed by atoms with Crippen LogP contribution in [0.4, 0.5) is 10.3 Å². The standard InChI is InChI=1S/C14H14FN3O2/c1-8(10-3-5-11(15)6-4-10)17-14-16-7-12(13(19)20)9(2)18-14/h3-8H,1-2H3,(H,19,20)(H,16,17,18). The molecular weight excluding hydrogens is 261 g/mol. The number of aryl methyl sites for hydroxylation is 1. The molecule has 0 aliphatic heterocycles. The minimum absolute atomic E-state index is 0.0741. The zero-order chi connectivity index (χ0) is 14.7. The van der Waals surface area contributed by atoms with Crippen LogP contribution in [0, 0.1) is 12.7 Å². The minimum Gasteiger partial charge on any atom is -0.478 e. The highest BCUT2D eigenvalue weighted by Crippen LogP contribution is 2.17. The van der Waals surface area contributed by atoms with Crippen molar-refractivity contribution in [2.24, 2.45) is 0 Å². The van der Waals surface area contributed by atoms with E-state index in [2.05, 4.69) is 15.3 Å². The van der Waals surface area contributed by atoms with Gasteiger partial charge in [0.15, 0.2) is 0 Å². The first-order valence-electron chi connectivity index (χ1n) is 6.06. The quantitative estimate of drug-likeness (QED) is 0.897. The first-order chi connectivity index (χ1) is 9.47. The van der Waals surface area contributed by atoms with Crippen LogP contribution >= 0.6 is 0 Å². The Hall–Kier alpha value is -2.50. The van der Waals surface area contributed by atoms with E-state index in [1.54, 1.807) is 19.1 Å². The van der Waals surface area contributed by atoms with E-state index in [-0.39, 0.29) is 17.4 Å². The number of anilines is 1. The van der Waals surface area contributed by atoms with Crippen molar-refractivity contribution in [3.05, 3.63) is 53.1 Å². The molecule has 1 heterocycles. The van der Waals surface area contributed by atoms with Crippen LogP contribution in [0.15, 0.2) is 30.5 Å². The van der Waals surface area contributed by atoms with E-state index in [9.17, 15) is 9.18 Å². The molecule has 1 aromatic carbocycles. The second kappa shape index (κ2) is 5.64. The van der Waals surface area contributed by atoms with Gasteiger partial charge in [-0.15, -0.1) is 0 Å². The maximum atomic E-state index is 12.8. The van der Waals surface area contributed by atoms with Gasteiger partial charge in [0.05, 0.1) is 17.3 Å². The molecule has 0 saturated heterocycles. The summed E-state index contributed by atoms with van der Waals surface area (Å²) in [4.78, 5) is 18.9. The van der Waals surface area contributed by atoms with E-state index < -0.39 is 5.97 Å². The third-order valence-electron chi connectivity index (χ3n) is 2.93. The Morgan fingerprint density at radius 2 is 2.00 bits per heavy atom. The van der Waals surface area contributed by atoms with Gasteiger partial charge in [0.25, 0.3) is 0 Å². The van der Waals surface area contributed by atoms with Crippen LogP contribution < -0.4 is 5.32 Å². The van der Waals surface area contributed by atoms with Crippen LogP contribution in [0.2, 0.25) is 0 Å². The Morgan fingerprint density at radius 3 is 2.55 bits per heavy atom. The lowest BCUT2D eigenvalue weighted by Crippen LogP contribution is -2.12. The molecule has 0 spiro atoms. The topological polar surface area (TPSA) is 75.1 Å². The molecule has 0 saturated carbocycles. The van der Waals surface area contributed by atoms with E-state index in [4.69, 9.17) is 5.11 Å². The van der Waals surface area contributed by atoms with Crippen molar-refractivity contribution in [2.45, 2.75) is 19.9 Å². The molecule has 0 fully saturated rings. The SMILES string of the molecule is Cc1nc(NC(C)c2ccc(F)cc2)ncc1C(=O)O. The smallest absolute Gasteiger partial charge is 0.339 e. The molecule has 2 N–H and O–H groups in total. The monoisotopic (exact) mass is 275 g/mol. The molecule has 0 radical (unpaired) electrons. The van der Waals surface area contributed by atoms with Crippen LogP contribution in [0.3, 0.4) is 0 Å². The van der Waals surface area contributed by atoms with E-state index in [0.29, 0.717) is 11.6 Å². The molecular formula is C14H14FN3O2. The lowest BCUT2D eigenvalue weighted by atomic mass is 10.1. The van der Waals surface area contributed by atoms with Crippen LogP contribution in [-0.2, 0) is 0 Å². The number of benzene rings is 1. The van der Waals surface area contributed by atoms with Crippen molar-refractivity contribution in [2.75, 3.05) is 5.32 Å².